The molecule has 0 radical (unpaired) electrons. The van der Waals surface area contributed by atoms with Gasteiger partial charge in [-0.25, -0.2) is 9.88 Å². The molecule has 2 amide bonds. The standard InChI is InChI=1S/C35H40N8O2/c1-24-28(39-33(44)25-9-12-27(13-10-25)35(2,3)4)7-6-8-30(24)43-22-29(32-36-15-16-42(32)23-43)38-31-14-11-26(21-37-31)34(45)41-19-17-40(5)18-20-41/h6-16,21-22H,17-20,23H2,1-5H3,(H,37,38)(H,39,44)/p+1. The Hall–Kier alpha value is -4.80. The summed E-state index contributed by atoms with van der Waals surface area (Å²) in [5.41, 5.74) is 5.91. The van der Waals surface area contributed by atoms with Gasteiger partial charge in [0.25, 0.3) is 17.6 Å². The zero-order valence-corrected chi connectivity index (χ0v) is 26.6. The molecular weight excluding hydrogens is 564 g/mol. The van der Waals surface area contributed by atoms with Crippen molar-refractivity contribution < 1.29 is 14.5 Å². The van der Waals surface area contributed by atoms with Crippen LogP contribution in [0.2, 0.25) is 0 Å². The fraction of sp³-hybridized carbons (Fsp3) is 0.314. The zero-order valence-electron chi connectivity index (χ0n) is 26.6. The molecule has 3 aromatic rings. The van der Waals surface area contributed by atoms with Gasteiger partial charge in [-0.3, -0.25) is 14.5 Å². The quantitative estimate of drug-likeness (QED) is 0.395. The van der Waals surface area contributed by atoms with Crippen LogP contribution in [0.1, 0.15) is 52.6 Å². The van der Waals surface area contributed by atoms with Gasteiger partial charge < -0.3 is 20.4 Å². The third-order valence-corrected chi connectivity index (χ3v) is 8.60. The summed E-state index contributed by atoms with van der Waals surface area (Å²) in [6, 6.07) is 17.4. The van der Waals surface area contributed by atoms with Gasteiger partial charge >= 0.3 is 0 Å². The van der Waals surface area contributed by atoms with Crippen molar-refractivity contribution in [3.05, 3.63) is 107 Å². The fourth-order valence-corrected chi connectivity index (χ4v) is 5.74. The number of carbonyl (C=O) groups excluding carboxylic acids is 2. The van der Waals surface area contributed by atoms with Crippen LogP contribution >= 0.6 is 0 Å². The van der Waals surface area contributed by atoms with Crippen molar-refractivity contribution in [1.29, 1.82) is 0 Å². The largest absolute Gasteiger partial charge is 0.336 e. The van der Waals surface area contributed by atoms with Crippen LogP contribution in [0.4, 0.5) is 17.2 Å². The molecule has 3 aliphatic heterocycles. The number of fused-ring (bicyclic) bond motifs is 1. The van der Waals surface area contributed by atoms with Gasteiger partial charge in [0, 0.05) is 49.8 Å². The fourth-order valence-electron chi connectivity index (χ4n) is 5.74. The Morgan fingerprint density at radius 1 is 0.933 bits per heavy atom. The molecule has 3 N–H and O–H groups in total. The van der Waals surface area contributed by atoms with Gasteiger partial charge in [-0.15, -0.1) is 0 Å². The average molecular weight is 606 g/mol. The van der Waals surface area contributed by atoms with Crippen molar-refractivity contribution in [3.8, 4) is 0 Å². The first-order valence-corrected chi connectivity index (χ1v) is 15.4. The molecule has 0 saturated carbocycles. The zero-order chi connectivity index (χ0) is 31.7. The molecule has 45 heavy (non-hydrogen) atoms. The molecule has 0 aliphatic carbocycles. The first-order valence-electron chi connectivity index (χ1n) is 15.4. The van der Waals surface area contributed by atoms with Crippen LogP contribution in [-0.2, 0) is 5.41 Å². The predicted octanol–water partition coefficient (Wildman–Crippen LogP) is 3.83. The van der Waals surface area contributed by atoms with Crippen LogP contribution in [0, 0.1) is 6.92 Å². The number of carbonyl (C=O) groups is 2. The lowest BCUT2D eigenvalue weighted by atomic mass is 9.86. The second kappa shape index (κ2) is 12.3. The molecule has 1 atom stereocenters. The molecule has 0 bridgehead atoms. The van der Waals surface area contributed by atoms with Gasteiger partial charge in [0.2, 0.25) is 0 Å². The van der Waals surface area contributed by atoms with Gasteiger partial charge in [-0.1, -0.05) is 39.0 Å². The lowest BCUT2D eigenvalue weighted by Gasteiger charge is -2.32. The Labute approximate surface area is 264 Å². The van der Waals surface area contributed by atoms with Gasteiger partial charge in [0.1, 0.15) is 17.7 Å². The minimum absolute atomic E-state index is 0.00886. The number of amides is 2. The van der Waals surface area contributed by atoms with Gasteiger partial charge in [-0.05, 0) is 66.9 Å². The van der Waals surface area contributed by atoms with E-state index in [1.54, 1.807) is 6.20 Å². The maximum atomic E-state index is 13.2. The Morgan fingerprint density at radius 2 is 1.67 bits per heavy atom. The molecule has 10 nitrogen and oxygen atoms in total. The van der Waals surface area contributed by atoms with Crippen LogP contribution in [0.15, 0.2) is 90.1 Å². The molecule has 3 aliphatic rings. The van der Waals surface area contributed by atoms with Gasteiger partial charge in [0.15, 0.2) is 6.67 Å². The highest BCUT2D eigenvalue weighted by Gasteiger charge is 2.32. The SMILES string of the molecule is Cc1c(NC(=O)c2ccc(C(C)(C)C)cc2)cccc1N1C=C(Nc2ccc(C(=O)N3CCN(C)CC3)cn2)C2=NC=C[NH+]2C1. The summed E-state index contributed by atoms with van der Waals surface area (Å²) in [5, 5.41) is 6.53. The number of quaternary nitrogens is 1. The van der Waals surface area contributed by atoms with E-state index in [0.717, 1.165) is 59.5 Å². The summed E-state index contributed by atoms with van der Waals surface area (Å²) >= 11 is 0. The molecule has 1 fully saturated rings. The Morgan fingerprint density at radius 3 is 2.36 bits per heavy atom. The maximum absolute atomic E-state index is 13.2. The van der Waals surface area contributed by atoms with Crippen molar-refractivity contribution in [3.63, 3.8) is 0 Å². The number of aliphatic imine (C=N–C) groups is 1. The number of nitrogens with one attached hydrogen (secondary N) is 3. The summed E-state index contributed by atoms with van der Waals surface area (Å²) in [6.07, 6.45) is 7.49. The highest BCUT2D eigenvalue weighted by atomic mass is 16.2. The number of nitrogens with zero attached hydrogens (tertiary/aromatic N) is 5. The average Bonchev–Trinajstić information content (AvgIpc) is 3.51. The summed E-state index contributed by atoms with van der Waals surface area (Å²) < 4.78 is 0. The van der Waals surface area contributed by atoms with E-state index in [1.807, 2.05) is 79.0 Å². The van der Waals surface area contributed by atoms with Crippen molar-refractivity contribution in [2.75, 3.05) is 55.4 Å². The number of likely N-dealkylation sites (N-methyl/N-ethyl adjacent to an activating group) is 1. The molecule has 10 heteroatoms. The number of rotatable bonds is 6. The van der Waals surface area contributed by atoms with Crippen LogP contribution < -0.4 is 20.4 Å². The second-order valence-electron chi connectivity index (χ2n) is 12.9. The monoisotopic (exact) mass is 605 g/mol. The Bertz CT molecular complexity index is 1680. The highest BCUT2D eigenvalue weighted by molar-refractivity contribution is 6.05. The number of pyridine rings is 1. The first-order chi connectivity index (χ1) is 21.6. The molecule has 1 saturated heterocycles. The van der Waals surface area contributed by atoms with Crippen molar-refractivity contribution in [2.45, 2.75) is 33.1 Å². The van der Waals surface area contributed by atoms with Crippen molar-refractivity contribution in [2.24, 2.45) is 4.99 Å². The third kappa shape index (κ3) is 6.52. The van der Waals surface area contributed by atoms with E-state index >= 15 is 0 Å². The molecular formula is C35H41N8O2+. The van der Waals surface area contributed by atoms with Crippen LogP contribution in [-0.4, -0.2) is 72.3 Å². The third-order valence-electron chi connectivity index (χ3n) is 8.60. The summed E-state index contributed by atoms with van der Waals surface area (Å²) in [6.45, 7) is 12.3. The van der Waals surface area contributed by atoms with Crippen molar-refractivity contribution >= 4 is 34.8 Å². The van der Waals surface area contributed by atoms with Gasteiger partial charge in [-0.2, -0.15) is 4.99 Å². The summed E-state index contributed by atoms with van der Waals surface area (Å²) in [4.78, 5) is 42.7. The van der Waals surface area contributed by atoms with E-state index in [9.17, 15) is 9.59 Å². The van der Waals surface area contributed by atoms with E-state index in [4.69, 9.17) is 0 Å². The van der Waals surface area contributed by atoms with E-state index in [1.165, 1.54) is 5.56 Å². The predicted molar refractivity (Wildman–Crippen MR) is 179 cm³/mol. The van der Waals surface area contributed by atoms with E-state index < -0.39 is 0 Å². The maximum Gasteiger partial charge on any atom is 0.257 e. The van der Waals surface area contributed by atoms with E-state index in [-0.39, 0.29) is 17.2 Å². The molecule has 232 valence electrons. The van der Waals surface area contributed by atoms with Crippen LogP contribution in [0.25, 0.3) is 0 Å². The number of anilines is 3. The number of aromatic nitrogens is 1. The smallest absolute Gasteiger partial charge is 0.257 e. The minimum atomic E-state index is -0.143. The number of benzene rings is 2. The first kappa shape index (κ1) is 30.2. The Kier molecular flexibility index (Phi) is 8.26. The molecule has 0 spiro atoms. The van der Waals surface area contributed by atoms with Crippen LogP contribution in [0.3, 0.4) is 0 Å². The lowest BCUT2D eigenvalue weighted by Crippen LogP contribution is -3.12. The number of amidine groups is 1. The van der Waals surface area contributed by atoms with Gasteiger partial charge in [0.05, 0.1) is 17.5 Å². The molecule has 1 unspecified atom stereocenters. The molecule has 1 aromatic heterocycles. The Balaban J connectivity index is 1.19. The lowest BCUT2D eigenvalue weighted by molar-refractivity contribution is -0.743. The number of piperazine rings is 1. The summed E-state index contributed by atoms with van der Waals surface area (Å²) in [5.74, 6) is 1.36. The van der Waals surface area contributed by atoms with Crippen molar-refractivity contribution in [1.82, 2.24) is 14.8 Å². The second-order valence-corrected chi connectivity index (χ2v) is 12.9. The number of hydrogen-bond donors (Lipinski definition) is 3. The topological polar surface area (TPSA) is 97.6 Å². The molecule has 2 aromatic carbocycles. The minimum Gasteiger partial charge on any atom is -0.336 e. The summed E-state index contributed by atoms with van der Waals surface area (Å²) in [7, 11) is 2.07. The highest BCUT2D eigenvalue weighted by Crippen LogP contribution is 2.29. The molecule has 4 heterocycles. The normalized spacial score (nSPS) is 18.3. The van der Waals surface area contributed by atoms with Crippen LogP contribution in [0.5, 0.6) is 0 Å². The van der Waals surface area contributed by atoms with E-state index in [0.29, 0.717) is 23.6 Å². The van der Waals surface area contributed by atoms with E-state index in [2.05, 4.69) is 64.3 Å². The molecule has 6 rings (SSSR count). The number of hydrogen-bond acceptors (Lipinski definition) is 7.